The first-order chi connectivity index (χ1) is 10.1. The number of rotatable bonds is 2. The van der Waals surface area contributed by atoms with Crippen LogP contribution in [0.15, 0.2) is 56.4 Å². The van der Waals surface area contributed by atoms with Crippen molar-refractivity contribution in [2.75, 3.05) is 0 Å². The fraction of sp³-hybridized carbons (Fsp3) is 0.200. The molecule has 0 saturated heterocycles. The van der Waals surface area contributed by atoms with Gasteiger partial charge in [0.25, 0.3) is 0 Å². The van der Waals surface area contributed by atoms with Gasteiger partial charge >= 0.3 is 0 Å². The van der Waals surface area contributed by atoms with Gasteiger partial charge in [-0.15, -0.1) is 0 Å². The number of halogens is 2. The molecule has 0 saturated carbocycles. The van der Waals surface area contributed by atoms with Crippen LogP contribution in [-0.4, -0.2) is 22.4 Å². The second kappa shape index (κ2) is 6.07. The molecule has 108 valence electrons. The van der Waals surface area contributed by atoms with E-state index in [0.29, 0.717) is 12.2 Å². The maximum atomic E-state index is 13.8. The quantitative estimate of drug-likeness (QED) is 0.617. The molecule has 3 rings (SSSR count). The lowest BCUT2D eigenvalue weighted by molar-refractivity contribution is 0.187. The highest BCUT2D eigenvalue weighted by molar-refractivity contribution is 14.1. The summed E-state index contributed by atoms with van der Waals surface area (Å²) in [5.74, 6) is -0.302. The number of hydrogen-bond acceptors (Lipinski definition) is 4. The van der Waals surface area contributed by atoms with Gasteiger partial charge in [0.2, 0.25) is 0 Å². The van der Waals surface area contributed by atoms with Gasteiger partial charge in [-0.1, -0.05) is 11.6 Å². The third-order valence-electron chi connectivity index (χ3n) is 3.28. The van der Waals surface area contributed by atoms with Crippen molar-refractivity contribution >= 4 is 28.8 Å². The number of aliphatic imine (C=N–C) groups is 1. The molecule has 2 aliphatic rings. The summed E-state index contributed by atoms with van der Waals surface area (Å²) in [7, 11) is 0. The number of hydrogen-bond donors (Lipinski definition) is 1. The van der Waals surface area contributed by atoms with Gasteiger partial charge in [-0.3, -0.25) is 9.98 Å². The predicted octanol–water partition coefficient (Wildman–Crippen LogP) is 3.10. The molecule has 1 N–H and O–H groups in total. The van der Waals surface area contributed by atoms with Crippen LogP contribution in [-0.2, 0) is 6.54 Å². The van der Waals surface area contributed by atoms with Gasteiger partial charge in [0, 0.05) is 18.0 Å². The van der Waals surface area contributed by atoms with Gasteiger partial charge in [0.1, 0.15) is 12.0 Å². The highest BCUT2D eigenvalue weighted by atomic mass is 127. The molecule has 6 heteroatoms. The van der Waals surface area contributed by atoms with Crippen LogP contribution >= 0.6 is 22.6 Å². The van der Waals surface area contributed by atoms with E-state index in [1.165, 1.54) is 6.07 Å². The maximum absolute atomic E-state index is 13.8. The van der Waals surface area contributed by atoms with E-state index in [-0.39, 0.29) is 12.0 Å². The molecule has 3 heterocycles. The predicted molar refractivity (Wildman–Crippen MR) is 89.1 cm³/mol. The van der Waals surface area contributed by atoms with Crippen LogP contribution in [0.5, 0.6) is 0 Å². The SMILES string of the molecule is CC1=CC2=C(I)NN(Cc3ncccc3F)C2N=CC=C1. The summed E-state index contributed by atoms with van der Waals surface area (Å²) in [6.45, 7) is 2.39. The minimum absolute atomic E-state index is 0.168. The van der Waals surface area contributed by atoms with Crippen LogP contribution in [0.25, 0.3) is 0 Å². The van der Waals surface area contributed by atoms with Gasteiger partial charge in [0.05, 0.1) is 15.9 Å². The number of hydrazine groups is 1. The normalized spacial score (nSPS) is 21.7. The topological polar surface area (TPSA) is 40.5 Å². The molecule has 0 fully saturated rings. The van der Waals surface area contributed by atoms with Gasteiger partial charge < -0.3 is 5.43 Å². The first-order valence-corrected chi connectivity index (χ1v) is 7.63. The first kappa shape index (κ1) is 14.4. The van der Waals surface area contributed by atoms with Crippen molar-refractivity contribution in [2.45, 2.75) is 19.6 Å². The van der Waals surface area contributed by atoms with E-state index in [1.807, 2.05) is 24.1 Å². The van der Waals surface area contributed by atoms with E-state index < -0.39 is 0 Å². The third-order valence-corrected chi connectivity index (χ3v) is 4.14. The lowest BCUT2D eigenvalue weighted by atomic mass is 10.1. The minimum atomic E-state index is -0.302. The van der Waals surface area contributed by atoms with Gasteiger partial charge in [-0.2, -0.15) is 5.01 Å². The lowest BCUT2D eigenvalue weighted by Crippen LogP contribution is -2.38. The zero-order valence-corrected chi connectivity index (χ0v) is 13.6. The van der Waals surface area contributed by atoms with Gasteiger partial charge in [-0.25, -0.2) is 4.39 Å². The molecule has 0 amide bonds. The van der Waals surface area contributed by atoms with E-state index in [1.54, 1.807) is 18.5 Å². The second-order valence-corrected chi connectivity index (χ2v) is 5.94. The zero-order chi connectivity index (χ0) is 14.8. The van der Waals surface area contributed by atoms with E-state index >= 15 is 0 Å². The lowest BCUT2D eigenvalue weighted by Gasteiger charge is -2.22. The van der Waals surface area contributed by atoms with Crippen LogP contribution in [0.2, 0.25) is 0 Å². The number of nitrogens with one attached hydrogen (secondary N) is 1. The Labute approximate surface area is 136 Å². The maximum Gasteiger partial charge on any atom is 0.147 e. The fourth-order valence-corrected chi connectivity index (χ4v) is 3.02. The van der Waals surface area contributed by atoms with Crippen molar-refractivity contribution in [3.8, 4) is 0 Å². The molecular formula is C15H14FIN4. The number of aromatic nitrogens is 1. The summed E-state index contributed by atoms with van der Waals surface area (Å²) in [6, 6.07) is 3.01. The van der Waals surface area contributed by atoms with Gasteiger partial charge in [-0.05, 0) is 53.8 Å². The standard InChI is InChI=1S/C15H14FIN4/c1-10-4-2-7-19-15-11(8-10)14(17)20-21(15)9-13-12(16)5-3-6-18-13/h2-8,15,20H,9H2,1H3. The molecule has 0 spiro atoms. The van der Waals surface area contributed by atoms with Crippen LogP contribution in [0.1, 0.15) is 12.6 Å². The Bertz CT molecular complexity index is 678. The molecule has 1 aromatic rings. The average Bonchev–Trinajstić information content (AvgIpc) is 2.71. The molecule has 1 unspecified atom stereocenters. The summed E-state index contributed by atoms with van der Waals surface area (Å²) < 4.78 is 14.8. The number of pyridine rings is 1. The minimum Gasteiger partial charge on any atom is -0.310 e. The van der Waals surface area contributed by atoms with Crippen LogP contribution in [0.4, 0.5) is 4.39 Å². The summed E-state index contributed by atoms with van der Waals surface area (Å²) >= 11 is 2.24. The first-order valence-electron chi connectivity index (χ1n) is 6.55. The molecule has 4 nitrogen and oxygen atoms in total. The summed E-state index contributed by atoms with van der Waals surface area (Å²) in [5, 5.41) is 1.89. The largest absolute Gasteiger partial charge is 0.310 e. The van der Waals surface area contributed by atoms with E-state index in [9.17, 15) is 4.39 Å². The Balaban J connectivity index is 1.89. The molecule has 0 aliphatic carbocycles. The van der Waals surface area contributed by atoms with Crippen molar-refractivity contribution in [1.82, 2.24) is 15.4 Å². The second-order valence-electron chi connectivity index (χ2n) is 4.86. The fourth-order valence-electron chi connectivity index (χ4n) is 2.27. The highest BCUT2D eigenvalue weighted by Crippen LogP contribution is 2.29. The van der Waals surface area contributed by atoms with Crippen molar-refractivity contribution in [1.29, 1.82) is 0 Å². The van der Waals surface area contributed by atoms with E-state index in [2.05, 4.69) is 44.1 Å². The van der Waals surface area contributed by atoms with Crippen LogP contribution < -0.4 is 5.43 Å². The van der Waals surface area contributed by atoms with Crippen LogP contribution in [0, 0.1) is 5.82 Å². The Morgan fingerprint density at radius 1 is 1.48 bits per heavy atom. The Kier molecular flexibility index (Phi) is 4.16. The summed E-state index contributed by atoms with van der Waals surface area (Å²) in [4.78, 5) is 8.63. The molecule has 1 atom stereocenters. The van der Waals surface area contributed by atoms with Gasteiger partial charge in [0.15, 0.2) is 0 Å². The Morgan fingerprint density at radius 2 is 2.33 bits per heavy atom. The summed E-state index contributed by atoms with van der Waals surface area (Å²) in [6.07, 6.45) is 9.23. The Hall–Kier alpha value is -1.54. The highest BCUT2D eigenvalue weighted by Gasteiger charge is 2.31. The molecule has 21 heavy (non-hydrogen) atoms. The van der Waals surface area contributed by atoms with Crippen molar-refractivity contribution in [3.05, 3.63) is 62.9 Å². The monoisotopic (exact) mass is 396 g/mol. The molecule has 0 radical (unpaired) electrons. The van der Waals surface area contributed by atoms with Crippen molar-refractivity contribution in [2.24, 2.45) is 4.99 Å². The molecule has 2 aliphatic heterocycles. The average molecular weight is 396 g/mol. The van der Waals surface area contributed by atoms with Crippen LogP contribution in [0.3, 0.4) is 0 Å². The molecule has 1 aromatic heterocycles. The number of nitrogens with zero attached hydrogens (tertiary/aromatic N) is 3. The molecular weight excluding hydrogens is 382 g/mol. The van der Waals surface area contributed by atoms with E-state index in [0.717, 1.165) is 14.8 Å². The number of allylic oxidation sites excluding steroid dienone is 3. The summed E-state index contributed by atoms with van der Waals surface area (Å²) in [5.41, 5.74) is 5.90. The zero-order valence-electron chi connectivity index (χ0n) is 11.4. The molecule has 0 aromatic carbocycles. The smallest absolute Gasteiger partial charge is 0.147 e. The number of fused-ring (bicyclic) bond motifs is 1. The Morgan fingerprint density at radius 3 is 3.14 bits per heavy atom. The van der Waals surface area contributed by atoms with Crippen molar-refractivity contribution in [3.63, 3.8) is 0 Å². The third kappa shape index (κ3) is 3.06. The van der Waals surface area contributed by atoms with E-state index in [4.69, 9.17) is 0 Å². The molecule has 0 bridgehead atoms. The van der Waals surface area contributed by atoms with Crippen molar-refractivity contribution < 1.29 is 4.39 Å².